The number of hydrogen-bond donors (Lipinski definition) is 1. The molecule has 0 aliphatic carbocycles. The van der Waals surface area contributed by atoms with Crippen molar-refractivity contribution in [3.8, 4) is 0 Å². The first-order valence-corrected chi connectivity index (χ1v) is 7.84. The second-order valence-electron chi connectivity index (χ2n) is 5.53. The summed E-state index contributed by atoms with van der Waals surface area (Å²) in [7, 11) is 0. The molecule has 1 fully saturated rings. The number of carbonyl (C=O) groups is 1. The number of nitrogens with zero attached hydrogens (tertiary/aromatic N) is 2. The number of amides is 1. The van der Waals surface area contributed by atoms with Crippen LogP contribution in [0.25, 0.3) is 0 Å². The number of rotatable bonds is 5. The zero-order valence-corrected chi connectivity index (χ0v) is 13.3. The Hall–Kier alpha value is -1.10. The number of benzene rings is 1. The molecule has 1 aliphatic rings. The molecule has 5 heteroatoms. The van der Waals surface area contributed by atoms with E-state index in [2.05, 4.69) is 4.90 Å². The van der Waals surface area contributed by atoms with Crippen molar-refractivity contribution in [2.45, 2.75) is 19.8 Å². The molecule has 0 bridgehead atoms. The third-order valence-electron chi connectivity index (χ3n) is 4.01. The van der Waals surface area contributed by atoms with Crippen LogP contribution in [-0.4, -0.2) is 60.1 Å². The van der Waals surface area contributed by atoms with E-state index >= 15 is 0 Å². The van der Waals surface area contributed by atoms with Gasteiger partial charge in [0.05, 0.1) is 6.61 Å². The number of carbonyl (C=O) groups excluding carboxylic acids is 1. The molecular weight excluding hydrogens is 288 g/mol. The molecule has 2 rings (SSSR count). The molecule has 4 nitrogen and oxygen atoms in total. The van der Waals surface area contributed by atoms with E-state index in [-0.39, 0.29) is 12.5 Å². The van der Waals surface area contributed by atoms with Crippen LogP contribution in [0.2, 0.25) is 5.02 Å². The number of aliphatic hydroxyl groups is 1. The van der Waals surface area contributed by atoms with Crippen molar-refractivity contribution in [3.63, 3.8) is 0 Å². The molecule has 116 valence electrons. The Kier molecular flexibility index (Phi) is 6.03. The summed E-state index contributed by atoms with van der Waals surface area (Å²) in [5.74, 6) is 0.204. The second kappa shape index (κ2) is 7.78. The van der Waals surface area contributed by atoms with Crippen molar-refractivity contribution in [1.82, 2.24) is 9.80 Å². The van der Waals surface area contributed by atoms with E-state index in [0.29, 0.717) is 13.0 Å². The lowest BCUT2D eigenvalue weighted by Gasteiger charge is -2.34. The van der Waals surface area contributed by atoms with Gasteiger partial charge in [0.15, 0.2) is 0 Å². The highest BCUT2D eigenvalue weighted by Gasteiger charge is 2.20. The second-order valence-corrected chi connectivity index (χ2v) is 5.94. The molecule has 1 saturated heterocycles. The molecule has 0 atom stereocenters. The van der Waals surface area contributed by atoms with Gasteiger partial charge in [-0.3, -0.25) is 9.69 Å². The fourth-order valence-electron chi connectivity index (χ4n) is 2.56. The molecule has 21 heavy (non-hydrogen) atoms. The minimum Gasteiger partial charge on any atom is -0.395 e. The largest absolute Gasteiger partial charge is 0.395 e. The molecule has 1 aromatic rings. The summed E-state index contributed by atoms with van der Waals surface area (Å²) < 4.78 is 0. The number of aryl methyl sites for hydroxylation is 2. The van der Waals surface area contributed by atoms with E-state index in [4.69, 9.17) is 16.7 Å². The number of piperazine rings is 1. The van der Waals surface area contributed by atoms with E-state index in [1.54, 1.807) is 0 Å². The maximum atomic E-state index is 12.2. The van der Waals surface area contributed by atoms with Gasteiger partial charge in [0.2, 0.25) is 5.91 Å². The van der Waals surface area contributed by atoms with E-state index in [9.17, 15) is 4.79 Å². The van der Waals surface area contributed by atoms with Crippen molar-refractivity contribution < 1.29 is 9.90 Å². The van der Waals surface area contributed by atoms with Gasteiger partial charge in [-0.15, -0.1) is 0 Å². The van der Waals surface area contributed by atoms with Crippen LogP contribution in [0, 0.1) is 6.92 Å². The standard InChI is InChI=1S/C16H23ClN2O2/c1-13-2-3-14(12-15(13)17)4-5-16(21)19-8-6-18(7-9-19)10-11-20/h2-3,12,20H,4-11H2,1H3. The maximum Gasteiger partial charge on any atom is 0.222 e. The highest BCUT2D eigenvalue weighted by atomic mass is 35.5. The summed E-state index contributed by atoms with van der Waals surface area (Å²) in [5, 5.41) is 9.67. The van der Waals surface area contributed by atoms with Crippen LogP contribution in [0.15, 0.2) is 18.2 Å². The summed E-state index contributed by atoms with van der Waals surface area (Å²) in [6.07, 6.45) is 1.26. The molecule has 1 aromatic carbocycles. The third-order valence-corrected chi connectivity index (χ3v) is 4.41. The lowest BCUT2D eigenvalue weighted by atomic mass is 10.1. The molecule has 0 saturated carbocycles. The van der Waals surface area contributed by atoms with Gasteiger partial charge in [0, 0.05) is 44.2 Å². The highest BCUT2D eigenvalue weighted by molar-refractivity contribution is 6.31. The number of aliphatic hydroxyl groups excluding tert-OH is 1. The van der Waals surface area contributed by atoms with Crippen LogP contribution >= 0.6 is 11.6 Å². The number of β-amino-alcohol motifs (C(OH)–C–C–N with tert-alkyl or cyclic N) is 1. The van der Waals surface area contributed by atoms with Crippen molar-refractivity contribution in [3.05, 3.63) is 34.3 Å². The van der Waals surface area contributed by atoms with Crippen LogP contribution in [-0.2, 0) is 11.2 Å². The molecule has 1 aliphatic heterocycles. The SMILES string of the molecule is Cc1ccc(CCC(=O)N2CCN(CCO)CC2)cc1Cl. The molecule has 1 heterocycles. The fourth-order valence-corrected chi connectivity index (χ4v) is 2.77. The third kappa shape index (κ3) is 4.70. The van der Waals surface area contributed by atoms with Crippen molar-refractivity contribution >= 4 is 17.5 Å². The summed E-state index contributed by atoms with van der Waals surface area (Å²) in [6.45, 7) is 6.07. The van der Waals surface area contributed by atoms with E-state index in [1.807, 2.05) is 30.0 Å². The monoisotopic (exact) mass is 310 g/mol. The Bertz CT molecular complexity index is 485. The zero-order chi connectivity index (χ0) is 15.2. The van der Waals surface area contributed by atoms with Gasteiger partial charge < -0.3 is 10.0 Å². The maximum absolute atomic E-state index is 12.2. The summed E-state index contributed by atoms with van der Waals surface area (Å²) in [5.41, 5.74) is 2.17. The molecule has 1 amide bonds. The molecule has 0 spiro atoms. The van der Waals surface area contributed by atoms with E-state index in [0.717, 1.165) is 48.7 Å². The predicted molar refractivity (Wildman–Crippen MR) is 84.6 cm³/mol. The van der Waals surface area contributed by atoms with Crippen molar-refractivity contribution in [2.24, 2.45) is 0 Å². The van der Waals surface area contributed by atoms with E-state index < -0.39 is 0 Å². The van der Waals surface area contributed by atoms with Gasteiger partial charge in [0.1, 0.15) is 0 Å². The molecule has 0 aromatic heterocycles. The van der Waals surface area contributed by atoms with Crippen LogP contribution in [0.4, 0.5) is 0 Å². The Labute approximate surface area is 131 Å². The molecule has 0 radical (unpaired) electrons. The van der Waals surface area contributed by atoms with Gasteiger partial charge in [-0.2, -0.15) is 0 Å². The molecule has 0 unspecified atom stereocenters. The average Bonchev–Trinajstić information content (AvgIpc) is 2.49. The smallest absolute Gasteiger partial charge is 0.222 e. The van der Waals surface area contributed by atoms with Crippen LogP contribution < -0.4 is 0 Å². The highest BCUT2D eigenvalue weighted by Crippen LogP contribution is 2.18. The Balaban J connectivity index is 1.78. The minimum absolute atomic E-state index is 0.183. The van der Waals surface area contributed by atoms with Gasteiger partial charge >= 0.3 is 0 Å². The molecular formula is C16H23ClN2O2. The average molecular weight is 311 g/mol. The van der Waals surface area contributed by atoms with Crippen molar-refractivity contribution in [2.75, 3.05) is 39.3 Å². The molecule has 1 N–H and O–H groups in total. The summed E-state index contributed by atoms with van der Waals surface area (Å²) in [4.78, 5) is 16.3. The van der Waals surface area contributed by atoms with E-state index in [1.165, 1.54) is 0 Å². The van der Waals surface area contributed by atoms with Crippen LogP contribution in [0.3, 0.4) is 0 Å². The number of halogens is 1. The van der Waals surface area contributed by atoms with Gasteiger partial charge in [-0.1, -0.05) is 23.7 Å². The fraction of sp³-hybridized carbons (Fsp3) is 0.562. The van der Waals surface area contributed by atoms with Gasteiger partial charge in [-0.25, -0.2) is 0 Å². The lowest BCUT2D eigenvalue weighted by Crippen LogP contribution is -2.49. The van der Waals surface area contributed by atoms with Gasteiger partial charge in [0.25, 0.3) is 0 Å². The zero-order valence-electron chi connectivity index (χ0n) is 12.5. The quantitative estimate of drug-likeness (QED) is 0.900. The van der Waals surface area contributed by atoms with Crippen LogP contribution in [0.5, 0.6) is 0 Å². The first-order chi connectivity index (χ1) is 10.1. The normalized spacial score (nSPS) is 16.2. The lowest BCUT2D eigenvalue weighted by molar-refractivity contribution is -0.132. The topological polar surface area (TPSA) is 43.8 Å². The Morgan fingerprint density at radius 1 is 1.29 bits per heavy atom. The first kappa shape index (κ1) is 16.3. The number of hydrogen-bond acceptors (Lipinski definition) is 3. The van der Waals surface area contributed by atoms with Crippen molar-refractivity contribution in [1.29, 1.82) is 0 Å². The minimum atomic E-state index is 0.183. The van der Waals surface area contributed by atoms with Crippen LogP contribution in [0.1, 0.15) is 17.5 Å². The first-order valence-electron chi connectivity index (χ1n) is 7.46. The summed E-state index contributed by atoms with van der Waals surface area (Å²) >= 11 is 6.10. The Morgan fingerprint density at radius 3 is 2.62 bits per heavy atom. The Morgan fingerprint density at radius 2 is 2.00 bits per heavy atom. The predicted octanol–water partition coefficient (Wildman–Crippen LogP) is 1.72. The summed E-state index contributed by atoms with van der Waals surface area (Å²) in [6, 6.07) is 5.98. The van der Waals surface area contributed by atoms with Gasteiger partial charge in [-0.05, 0) is 30.5 Å².